The van der Waals surface area contributed by atoms with E-state index in [0.717, 1.165) is 31.6 Å². The molecule has 0 radical (unpaired) electrons. The summed E-state index contributed by atoms with van der Waals surface area (Å²) < 4.78 is 11.0. The fraction of sp³-hybridized carbons (Fsp3) is 0.650. The summed E-state index contributed by atoms with van der Waals surface area (Å²) in [5, 5.41) is 3.74. The topological polar surface area (TPSA) is 50.8 Å². The van der Waals surface area contributed by atoms with Gasteiger partial charge in [-0.15, -0.1) is 0 Å². The smallest absolute Gasteiger partial charge is 0.410 e. The van der Waals surface area contributed by atoms with E-state index in [1.807, 2.05) is 43.9 Å². The first-order valence-electron chi connectivity index (χ1n) is 9.16. The van der Waals surface area contributed by atoms with E-state index in [4.69, 9.17) is 9.47 Å². The molecule has 138 valence electrons. The maximum absolute atomic E-state index is 12.7. The lowest BCUT2D eigenvalue weighted by Gasteiger charge is -2.46. The van der Waals surface area contributed by atoms with Gasteiger partial charge in [-0.05, 0) is 46.1 Å². The van der Waals surface area contributed by atoms with Crippen molar-refractivity contribution in [2.45, 2.75) is 63.8 Å². The van der Waals surface area contributed by atoms with Crippen LogP contribution in [0.3, 0.4) is 0 Å². The summed E-state index contributed by atoms with van der Waals surface area (Å²) >= 11 is 0. The molecule has 2 aliphatic rings. The lowest BCUT2D eigenvalue weighted by atomic mass is 9.89. The molecule has 1 aromatic rings. The van der Waals surface area contributed by atoms with Crippen molar-refractivity contribution in [3.05, 3.63) is 35.9 Å². The number of hydrogen-bond acceptors (Lipinski definition) is 4. The molecule has 0 spiro atoms. The van der Waals surface area contributed by atoms with Gasteiger partial charge in [0.15, 0.2) is 0 Å². The number of nitrogens with zero attached hydrogens (tertiary/aromatic N) is 1. The van der Waals surface area contributed by atoms with Gasteiger partial charge in [0.05, 0.1) is 24.8 Å². The number of piperidine rings is 1. The molecule has 2 fully saturated rings. The van der Waals surface area contributed by atoms with Crippen LogP contribution in [0.25, 0.3) is 0 Å². The molecular formula is C20H30N2O3. The average molecular weight is 346 g/mol. The van der Waals surface area contributed by atoms with E-state index in [2.05, 4.69) is 24.4 Å². The van der Waals surface area contributed by atoms with E-state index in [9.17, 15) is 4.79 Å². The van der Waals surface area contributed by atoms with E-state index < -0.39 is 5.60 Å². The summed E-state index contributed by atoms with van der Waals surface area (Å²) in [6.07, 6.45) is 1.59. The van der Waals surface area contributed by atoms with Gasteiger partial charge in [-0.3, -0.25) is 0 Å². The summed E-state index contributed by atoms with van der Waals surface area (Å²) in [6, 6.07) is 10.7. The van der Waals surface area contributed by atoms with Gasteiger partial charge >= 0.3 is 6.09 Å². The monoisotopic (exact) mass is 346 g/mol. The number of amides is 1. The second-order valence-corrected chi connectivity index (χ2v) is 8.52. The van der Waals surface area contributed by atoms with Crippen LogP contribution >= 0.6 is 0 Å². The highest BCUT2D eigenvalue weighted by Crippen LogP contribution is 2.33. The lowest BCUT2D eigenvalue weighted by molar-refractivity contribution is -0.0743. The highest BCUT2D eigenvalue weighted by molar-refractivity contribution is 5.69. The number of likely N-dealkylation sites (tertiary alicyclic amines) is 1. The molecule has 1 amide bonds. The Morgan fingerprint density at radius 2 is 1.96 bits per heavy atom. The number of hydrogen-bond donors (Lipinski definition) is 1. The molecule has 0 bridgehead atoms. The van der Waals surface area contributed by atoms with Crippen molar-refractivity contribution < 1.29 is 14.3 Å². The predicted octanol–water partition coefficient (Wildman–Crippen LogP) is 3.51. The Balaban J connectivity index is 1.75. The van der Waals surface area contributed by atoms with Crippen LogP contribution in [0, 0.1) is 0 Å². The molecule has 5 heteroatoms. The first kappa shape index (κ1) is 18.2. The Morgan fingerprint density at radius 3 is 2.52 bits per heavy atom. The largest absolute Gasteiger partial charge is 0.444 e. The molecule has 25 heavy (non-hydrogen) atoms. The van der Waals surface area contributed by atoms with Crippen molar-refractivity contribution in [3.63, 3.8) is 0 Å². The predicted molar refractivity (Wildman–Crippen MR) is 97.5 cm³/mol. The Kier molecular flexibility index (Phi) is 5.07. The number of benzene rings is 1. The Hall–Kier alpha value is -1.59. The first-order chi connectivity index (χ1) is 11.8. The van der Waals surface area contributed by atoms with Gasteiger partial charge in [-0.25, -0.2) is 4.79 Å². The summed E-state index contributed by atoms with van der Waals surface area (Å²) in [5.74, 6) is 0. The third-order valence-electron chi connectivity index (χ3n) is 4.81. The number of nitrogens with one attached hydrogen (secondary N) is 1. The van der Waals surface area contributed by atoms with E-state index in [0.29, 0.717) is 12.6 Å². The van der Waals surface area contributed by atoms with E-state index in [1.165, 1.54) is 0 Å². The molecule has 0 aromatic heterocycles. The third-order valence-corrected chi connectivity index (χ3v) is 4.81. The summed E-state index contributed by atoms with van der Waals surface area (Å²) in [5.41, 5.74) is 0.749. The molecular weight excluding hydrogens is 316 g/mol. The molecule has 1 aromatic carbocycles. The fourth-order valence-corrected chi connectivity index (χ4v) is 3.61. The molecule has 0 aliphatic carbocycles. The minimum absolute atomic E-state index is 0.0342. The number of ether oxygens (including phenoxy) is 2. The minimum Gasteiger partial charge on any atom is -0.444 e. The summed E-state index contributed by atoms with van der Waals surface area (Å²) in [4.78, 5) is 14.6. The van der Waals surface area contributed by atoms with Gasteiger partial charge in [-0.1, -0.05) is 30.3 Å². The molecule has 0 saturated carbocycles. The number of carbonyl (C=O) groups excluding carboxylic acids is 1. The van der Waals surface area contributed by atoms with Crippen molar-refractivity contribution in [2.24, 2.45) is 0 Å². The van der Waals surface area contributed by atoms with Crippen molar-refractivity contribution in [1.82, 2.24) is 10.2 Å². The maximum atomic E-state index is 12.7. The molecule has 0 unspecified atom stereocenters. The van der Waals surface area contributed by atoms with Crippen LogP contribution in [0.1, 0.15) is 52.1 Å². The molecule has 3 rings (SSSR count). The zero-order chi connectivity index (χ0) is 18.1. The van der Waals surface area contributed by atoms with Crippen molar-refractivity contribution in [3.8, 4) is 0 Å². The normalized spacial score (nSPS) is 26.0. The van der Waals surface area contributed by atoms with Crippen molar-refractivity contribution in [1.29, 1.82) is 0 Å². The lowest BCUT2D eigenvalue weighted by Crippen LogP contribution is -2.62. The highest BCUT2D eigenvalue weighted by atomic mass is 16.6. The van der Waals surface area contributed by atoms with Crippen LogP contribution in [-0.2, 0) is 9.47 Å². The second kappa shape index (κ2) is 6.96. The zero-order valence-corrected chi connectivity index (χ0v) is 15.7. The standard InChI is InChI=1S/C20H30N2O3/c1-19(2,3)25-18(23)22-11-10-16(21-20(4)13-24-14-20)12-17(22)15-8-6-5-7-9-15/h5-9,16-17,21H,10-14H2,1-4H3/t16-,17-/m0/s1. The molecule has 2 aliphatic heterocycles. The van der Waals surface area contributed by atoms with Gasteiger partial charge in [0, 0.05) is 12.6 Å². The highest BCUT2D eigenvalue weighted by Gasteiger charge is 2.40. The Labute approximate surface area is 150 Å². The summed E-state index contributed by atoms with van der Waals surface area (Å²) in [6.45, 7) is 10.2. The van der Waals surface area contributed by atoms with E-state index >= 15 is 0 Å². The van der Waals surface area contributed by atoms with Gasteiger partial charge in [0.1, 0.15) is 5.60 Å². The number of carbonyl (C=O) groups is 1. The fourth-order valence-electron chi connectivity index (χ4n) is 3.61. The first-order valence-corrected chi connectivity index (χ1v) is 9.16. The van der Waals surface area contributed by atoms with Gasteiger partial charge in [-0.2, -0.15) is 0 Å². The second-order valence-electron chi connectivity index (χ2n) is 8.52. The third kappa shape index (κ3) is 4.53. The SMILES string of the molecule is CC1(N[C@H]2CCN(C(=O)OC(C)(C)C)[C@H](c3ccccc3)C2)COC1. The average Bonchev–Trinajstić information content (AvgIpc) is 2.52. The molecule has 5 nitrogen and oxygen atoms in total. The van der Waals surface area contributed by atoms with E-state index in [-0.39, 0.29) is 17.7 Å². The summed E-state index contributed by atoms with van der Waals surface area (Å²) in [7, 11) is 0. The minimum atomic E-state index is -0.482. The Morgan fingerprint density at radius 1 is 1.28 bits per heavy atom. The quantitative estimate of drug-likeness (QED) is 0.910. The zero-order valence-electron chi connectivity index (χ0n) is 15.7. The van der Waals surface area contributed by atoms with E-state index in [1.54, 1.807) is 0 Å². The maximum Gasteiger partial charge on any atom is 0.410 e. The van der Waals surface area contributed by atoms with Crippen LogP contribution < -0.4 is 5.32 Å². The molecule has 2 saturated heterocycles. The molecule has 2 atom stereocenters. The number of rotatable bonds is 3. The molecule has 2 heterocycles. The van der Waals surface area contributed by atoms with Crippen LogP contribution in [-0.4, -0.2) is 47.9 Å². The Bertz CT molecular complexity index is 593. The van der Waals surface area contributed by atoms with Gasteiger partial charge in [0.2, 0.25) is 0 Å². The van der Waals surface area contributed by atoms with Crippen molar-refractivity contribution in [2.75, 3.05) is 19.8 Å². The van der Waals surface area contributed by atoms with Crippen LogP contribution in [0.2, 0.25) is 0 Å². The van der Waals surface area contributed by atoms with Crippen LogP contribution in [0.15, 0.2) is 30.3 Å². The van der Waals surface area contributed by atoms with Gasteiger partial charge < -0.3 is 19.7 Å². The van der Waals surface area contributed by atoms with Crippen molar-refractivity contribution >= 4 is 6.09 Å². The van der Waals surface area contributed by atoms with Gasteiger partial charge in [0.25, 0.3) is 0 Å². The molecule has 1 N–H and O–H groups in total. The van der Waals surface area contributed by atoms with Crippen LogP contribution in [0.4, 0.5) is 4.79 Å². The van der Waals surface area contributed by atoms with Crippen LogP contribution in [0.5, 0.6) is 0 Å².